The molecule has 0 radical (unpaired) electrons. The average Bonchev–Trinajstić information content (AvgIpc) is 2.49. The first-order valence-electron chi connectivity index (χ1n) is 4.02. The number of carbonyl (C=O) groups is 1. The molecule has 0 amide bonds. The highest BCUT2D eigenvalue weighted by Gasteiger charge is 2.13. The Bertz CT molecular complexity index is 349. The highest BCUT2D eigenvalue weighted by Crippen LogP contribution is 2.18. The Kier molecular flexibility index (Phi) is 1.98. The second-order valence-electron chi connectivity index (χ2n) is 3.01. The molecule has 0 spiro atoms. The summed E-state index contributed by atoms with van der Waals surface area (Å²) in [6, 6.07) is 1.85. The molecule has 4 nitrogen and oxygen atoms in total. The molecule has 2 rings (SSSR count). The van der Waals surface area contributed by atoms with Crippen LogP contribution in [-0.2, 0) is 29.2 Å². The quantitative estimate of drug-likeness (QED) is 0.727. The summed E-state index contributed by atoms with van der Waals surface area (Å²) < 4.78 is 5.16. The smallest absolute Gasteiger partial charge is 0.307 e. The van der Waals surface area contributed by atoms with E-state index in [4.69, 9.17) is 9.84 Å². The van der Waals surface area contributed by atoms with Gasteiger partial charge in [-0.2, -0.15) is 0 Å². The summed E-state index contributed by atoms with van der Waals surface area (Å²) >= 11 is 0. The van der Waals surface area contributed by atoms with Gasteiger partial charge in [-0.05, 0) is 11.6 Å². The minimum absolute atomic E-state index is 0.0281. The summed E-state index contributed by atoms with van der Waals surface area (Å²) in [7, 11) is 0. The van der Waals surface area contributed by atoms with Crippen molar-refractivity contribution in [3.8, 4) is 0 Å². The van der Waals surface area contributed by atoms with Crippen molar-refractivity contribution in [2.75, 3.05) is 0 Å². The number of rotatable bonds is 2. The van der Waals surface area contributed by atoms with E-state index in [-0.39, 0.29) is 6.42 Å². The Hall–Kier alpha value is -1.42. The Morgan fingerprint density at radius 1 is 1.62 bits per heavy atom. The number of hydrogen-bond acceptors (Lipinski definition) is 3. The summed E-state index contributed by atoms with van der Waals surface area (Å²) in [4.78, 5) is 14.5. The van der Waals surface area contributed by atoms with Crippen molar-refractivity contribution in [1.82, 2.24) is 4.98 Å². The molecule has 68 valence electrons. The lowest BCUT2D eigenvalue weighted by molar-refractivity contribution is -0.136. The predicted octanol–water partition coefficient (Wildman–Crippen LogP) is 0.739. The fourth-order valence-corrected chi connectivity index (χ4v) is 1.37. The molecule has 1 N–H and O–H groups in total. The highest BCUT2D eigenvalue weighted by atomic mass is 16.5. The van der Waals surface area contributed by atoms with Crippen molar-refractivity contribution in [2.24, 2.45) is 0 Å². The van der Waals surface area contributed by atoms with Crippen molar-refractivity contribution < 1.29 is 14.6 Å². The lowest BCUT2D eigenvalue weighted by atomic mass is 10.1. The third kappa shape index (κ3) is 1.67. The topological polar surface area (TPSA) is 59.4 Å². The number of fused-ring (bicyclic) bond motifs is 1. The lowest BCUT2D eigenvalue weighted by Crippen LogP contribution is -2.01. The van der Waals surface area contributed by atoms with E-state index in [9.17, 15) is 4.79 Å². The zero-order chi connectivity index (χ0) is 9.26. The van der Waals surface area contributed by atoms with Crippen LogP contribution in [-0.4, -0.2) is 16.1 Å². The summed E-state index contributed by atoms with van der Waals surface area (Å²) in [5, 5.41) is 8.56. The van der Waals surface area contributed by atoms with Crippen LogP contribution in [0.15, 0.2) is 12.3 Å². The van der Waals surface area contributed by atoms with Gasteiger partial charge in [0.1, 0.15) is 0 Å². The van der Waals surface area contributed by atoms with Crippen molar-refractivity contribution in [3.05, 3.63) is 29.1 Å². The first-order valence-corrected chi connectivity index (χ1v) is 4.02. The van der Waals surface area contributed by atoms with E-state index in [2.05, 4.69) is 4.98 Å². The van der Waals surface area contributed by atoms with Gasteiger partial charge in [0.05, 0.1) is 25.3 Å². The van der Waals surface area contributed by atoms with Gasteiger partial charge in [-0.25, -0.2) is 0 Å². The maximum Gasteiger partial charge on any atom is 0.307 e. The molecule has 0 atom stereocenters. The van der Waals surface area contributed by atoms with E-state index in [1.807, 2.05) is 6.07 Å². The van der Waals surface area contributed by atoms with E-state index in [0.29, 0.717) is 13.2 Å². The van der Waals surface area contributed by atoms with Crippen LogP contribution >= 0.6 is 0 Å². The lowest BCUT2D eigenvalue weighted by Gasteiger charge is -1.99. The Balaban J connectivity index is 2.25. The Morgan fingerprint density at radius 2 is 2.46 bits per heavy atom. The van der Waals surface area contributed by atoms with E-state index in [1.165, 1.54) is 0 Å². The van der Waals surface area contributed by atoms with Crippen molar-refractivity contribution in [3.63, 3.8) is 0 Å². The molecule has 0 fully saturated rings. The second-order valence-corrected chi connectivity index (χ2v) is 3.01. The fourth-order valence-electron chi connectivity index (χ4n) is 1.37. The van der Waals surface area contributed by atoms with Crippen LogP contribution < -0.4 is 0 Å². The van der Waals surface area contributed by atoms with E-state index >= 15 is 0 Å². The van der Waals surface area contributed by atoms with Crippen LogP contribution in [0.2, 0.25) is 0 Å². The van der Waals surface area contributed by atoms with Crippen LogP contribution in [0.25, 0.3) is 0 Å². The zero-order valence-corrected chi connectivity index (χ0v) is 6.99. The van der Waals surface area contributed by atoms with Crippen molar-refractivity contribution in [2.45, 2.75) is 19.6 Å². The van der Waals surface area contributed by atoms with Gasteiger partial charge >= 0.3 is 5.97 Å². The molecule has 4 heteroatoms. The second kappa shape index (κ2) is 3.14. The monoisotopic (exact) mass is 179 g/mol. The van der Waals surface area contributed by atoms with Crippen LogP contribution in [0.4, 0.5) is 0 Å². The van der Waals surface area contributed by atoms with Gasteiger partial charge < -0.3 is 9.84 Å². The molecule has 1 aromatic rings. The molecule has 0 saturated carbocycles. The number of carboxylic acids is 1. The number of carboxylic acid groups (broad SMARTS) is 1. The predicted molar refractivity (Wildman–Crippen MR) is 44.1 cm³/mol. The third-order valence-electron chi connectivity index (χ3n) is 1.97. The van der Waals surface area contributed by atoms with E-state index in [0.717, 1.165) is 16.8 Å². The SMILES string of the molecule is O=C(O)Cc1cnc2c(c1)COC2. The first kappa shape index (κ1) is 8.19. The zero-order valence-electron chi connectivity index (χ0n) is 6.99. The van der Waals surface area contributed by atoms with Gasteiger partial charge in [0.2, 0.25) is 0 Å². The largest absolute Gasteiger partial charge is 0.481 e. The van der Waals surface area contributed by atoms with Gasteiger partial charge in [0.25, 0.3) is 0 Å². The Labute approximate surface area is 75.2 Å². The maximum atomic E-state index is 10.4. The molecule has 2 heterocycles. The molecule has 1 aliphatic rings. The van der Waals surface area contributed by atoms with Gasteiger partial charge in [0.15, 0.2) is 0 Å². The molecule has 0 bridgehead atoms. The van der Waals surface area contributed by atoms with Gasteiger partial charge in [-0.3, -0.25) is 9.78 Å². The minimum Gasteiger partial charge on any atom is -0.481 e. The van der Waals surface area contributed by atoms with Crippen LogP contribution in [0, 0.1) is 0 Å². The van der Waals surface area contributed by atoms with E-state index < -0.39 is 5.97 Å². The molecule has 0 unspecified atom stereocenters. The number of aromatic nitrogens is 1. The van der Waals surface area contributed by atoms with Gasteiger partial charge in [0, 0.05) is 11.8 Å². The standard InChI is InChI=1S/C9H9NO3/c11-9(12)2-6-1-7-4-13-5-8(7)10-3-6/h1,3H,2,4-5H2,(H,11,12). The number of aliphatic carboxylic acids is 1. The van der Waals surface area contributed by atoms with Crippen LogP contribution in [0.3, 0.4) is 0 Å². The maximum absolute atomic E-state index is 10.4. The minimum atomic E-state index is -0.833. The molecule has 0 aromatic carbocycles. The average molecular weight is 179 g/mol. The number of hydrogen-bond donors (Lipinski definition) is 1. The van der Waals surface area contributed by atoms with E-state index in [1.54, 1.807) is 6.20 Å². The van der Waals surface area contributed by atoms with Crippen molar-refractivity contribution in [1.29, 1.82) is 0 Å². The normalized spacial score (nSPS) is 14.2. The highest BCUT2D eigenvalue weighted by molar-refractivity contribution is 5.70. The first-order chi connectivity index (χ1) is 6.25. The molecule has 0 saturated heterocycles. The Morgan fingerprint density at radius 3 is 3.23 bits per heavy atom. The molecular weight excluding hydrogens is 170 g/mol. The van der Waals surface area contributed by atoms with Crippen molar-refractivity contribution >= 4 is 5.97 Å². The van der Waals surface area contributed by atoms with Gasteiger partial charge in [-0.15, -0.1) is 0 Å². The number of ether oxygens (including phenoxy) is 1. The molecule has 1 aromatic heterocycles. The molecule has 13 heavy (non-hydrogen) atoms. The fraction of sp³-hybridized carbons (Fsp3) is 0.333. The summed E-state index contributed by atoms with van der Waals surface area (Å²) in [5.74, 6) is -0.833. The molecule has 0 aliphatic carbocycles. The van der Waals surface area contributed by atoms with Crippen LogP contribution in [0.5, 0.6) is 0 Å². The number of pyridine rings is 1. The third-order valence-corrected chi connectivity index (χ3v) is 1.97. The molecule has 1 aliphatic heterocycles. The summed E-state index contributed by atoms with van der Waals surface area (Å²) in [6.07, 6.45) is 1.63. The molecular formula is C9H9NO3. The van der Waals surface area contributed by atoms with Gasteiger partial charge in [-0.1, -0.05) is 0 Å². The van der Waals surface area contributed by atoms with Crippen LogP contribution in [0.1, 0.15) is 16.8 Å². The number of nitrogens with zero attached hydrogens (tertiary/aromatic N) is 1. The summed E-state index contributed by atoms with van der Waals surface area (Å²) in [6.45, 7) is 1.10. The summed E-state index contributed by atoms with van der Waals surface area (Å²) in [5.41, 5.74) is 2.67.